The van der Waals surface area contributed by atoms with Crippen LogP contribution in [0.5, 0.6) is 0 Å². The molecule has 0 spiro atoms. The van der Waals surface area contributed by atoms with Crippen molar-refractivity contribution < 1.29 is 28.7 Å². The third-order valence-electron chi connectivity index (χ3n) is 4.24. The van der Waals surface area contributed by atoms with E-state index in [1.165, 1.54) is 19.1 Å². The standard InChI is InChI=1S/C19H24N2O6/c1-3-26-18(24)15-8-10-21(11-9-15)17(23)12-27-19(25)14-4-6-16(7-5-14)20-13(2)22/h4-7,15H,3,8-12H2,1-2H3,(H,20,22). The van der Waals surface area contributed by atoms with Crippen molar-refractivity contribution in [1.29, 1.82) is 0 Å². The molecule has 146 valence electrons. The van der Waals surface area contributed by atoms with Gasteiger partial charge in [0.2, 0.25) is 5.91 Å². The van der Waals surface area contributed by atoms with Gasteiger partial charge in [-0.15, -0.1) is 0 Å². The van der Waals surface area contributed by atoms with E-state index >= 15 is 0 Å². The van der Waals surface area contributed by atoms with Crippen molar-refractivity contribution in [3.8, 4) is 0 Å². The zero-order valence-electron chi connectivity index (χ0n) is 15.5. The van der Waals surface area contributed by atoms with Gasteiger partial charge in [-0.1, -0.05) is 0 Å². The summed E-state index contributed by atoms with van der Waals surface area (Å²) in [5, 5.41) is 2.60. The lowest BCUT2D eigenvalue weighted by molar-refractivity contribution is -0.151. The molecule has 2 amide bonds. The van der Waals surface area contributed by atoms with Crippen molar-refractivity contribution in [2.45, 2.75) is 26.7 Å². The van der Waals surface area contributed by atoms with Crippen LogP contribution in [0.3, 0.4) is 0 Å². The van der Waals surface area contributed by atoms with Crippen molar-refractivity contribution in [2.24, 2.45) is 5.92 Å². The molecule has 0 unspecified atom stereocenters. The largest absolute Gasteiger partial charge is 0.466 e. The van der Waals surface area contributed by atoms with Gasteiger partial charge in [0.1, 0.15) is 0 Å². The summed E-state index contributed by atoms with van der Waals surface area (Å²) in [5.41, 5.74) is 0.859. The van der Waals surface area contributed by atoms with E-state index in [9.17, 15) is 19.2 Å². The van der Waals surface area contributed by atoms with Gasteiger partial charge in [-0.2, -0.15) is 0 Å². The molecular formula is C19H24N2O6. The Kier molecular flexibility index (Phi) is 7.34. The number of esters is 2. The van der Waals surface area contributed by atoms with Crippen LogP contribution >= 0.6 is 0 Å². The Balaban J connectivity index is 1.77. The zero-order valence-corrected chi connectivity index (χ0v) is 15.5. The topological polar surface area (TPSA) is 102 Å². The SMILES string of the molecule is CCOC(=O)C1CCN(C(=O)COC(=O)c2ccc(NC(C)=O)cc2)CC1. The van der Waals surface area contributed by atoms with Gasteiger partial charge in [-0.05, 0) is 44.0 Å². The smallest absolute Gasteiger partial charge is 0.338 e. The molecule has 1 aromatic rings. The van der Waals surface area contributed by atoms with E-state index in [0.717, 1.165) is 0 Å². The molecule has 8 nitrogen and oxygen atoms in total. The summed E-state index contributed by atoms with van der Waals surface area (Å²) in [5.74, 6) is -1.51. The van der Waals surface area contributed by atoms with Crippen LogP contribution in [-0.2, 0) is 23.9 Å². The first-order chi connectivity index (χ1) is 12.9. The van der Waals surface area contributed by atoms with E-state index in [0.29, 0.717) is 38.2 Å². The molecule has 1 aromatic carbocycles. The van der Waals surface area contributed by atoms with Gasteiger partial charge in [0, 0.05) is 25.7 Å². The number of amides is 2. The molecule has 1 saturated heterocycles. The van der Waals surface area contributed by atoms with Gasteiger partial charge in [0.25, 0.3) is 5.91 Å². The zero-order chi connectivity index (χ0) is 19.8. The summed E-state index contributed by atoms with van der Waals surface area (Å²) in [6.45, 7) is 4.02. The van der Waals surface area contributed by atoms with Crippen molar-refractivity contribution >= 4 is 29.4 Å². The van der Waals surface area contributed by atoms with E-state index in [-0.39, 0.29) is 35.9 Å². The Labute approximate surface area is 157 Å². The summed E-state index contributed by atoms with van der Waals surface area (Å²) in [6, 6.07) is 6.20. The molecule has 0 radical (unpaired) electrons. The van der Waals surface area contributed by atoms with Crippen LogP contribution < -0.4 is 5.32 Å². The normalized spacial score (nSPS) is 14.4. The number of carbonyl (C=O) groups is 4. The Hall–Kier alpha value is -2.90. The number of hydrogen-bond acceptors (Lipinski definition) is 6. The predicted molar refractivity (Wildman–Crippen MR) is 97.0 cm³/mol. The molecular weight excluding hydrogens is 352 g/mol. The Morgan fingerprint density at radius 1 is 1.07 bits per heavy atom. The number of carbonyl (C=O) groups excluding carboxylic acids is 4. The second kappa shape index (κ2) is 9.70. The van der Waals surface area contributed by atoms with Gasteiger partial charge in [0.05, 0.1) is 18.1 Å². The maximum atomic E-state index is 12.2. The van der Waals surface area contributed by atoms with Crippen LogP contribution in [0.15, 0.2) is 24.3 Å². The highest BCUT2D eigenvalue weighted by molar-refractivity contribution is 5.93. The maximum absolute atomic E-state index is 12.2. The van der Waals surface area contributed by atoms with E-state index in [1.807, 2.05) is 0 Å². The highest BCUT2D eigenvalue weighted by Gasteiger charge is 2.28. The van der Waals surface area contributed by atoms with Crippen molar-refractivity contribution in [3.63, 3.8) is 0 Å². The Morgan fingerprint density at radius 3 is 2.26 bits per heavy atom. The average Bonchev–Trinajstić information content (AvgIpc) is 2.66. The summed E-state index contributed by atoms with van der Waals surface area (Å²) in [7, 11) is 0. The number of piperidine rings is 1. The second-order valence-corrected chi connectivity index (χ2v) is 6.24. The molecule has 1 N–H and O–H groups in total. The minimum atomic E-state index is -0.612. The minimum Gasteiger partial charge on any atom is -0.466 e. The fourth-order valence-electron chi connectivity index (χ4n) is 2.82. The molecule has 0 atom stereocenters. The molecule has 1 aliphatic heterocycles. The lowest BCUT2D eigenvalue weighted by atomic mass is 9.97. The maximum Gasteiger partial charge on any atom is 0.338 e. The quantitative estimate of drug-likeness (QED) is 0.757. The van der Waals surface area contributed by atoms with E-state index < -0.39 is 5.97 Å². The molecule has 0 aliphatic carbocycles. The third-order valence-corrected chi connectivity index (χ3v) is 4.24. The van der Waals surface area contributed by atoms with Crippen LogP contribution in [0.2, 0.25) is 0 Å². The summed E-state index contributed by atoms with van der Waals surface area (Å²) in [4.78, 5) is 48.5. The van der Waals surface area contributed by atoms with Crippen LogP contribution in [0.4, 0.5) is 5.69 Å². The average molecular weight is 376 g/mol. The summed E-state index contributed by atoms with van der Waals surface area (Å²) >= 11 is 0. The highest BCUT2D eigenvalue weighted by atomic mass is 16.5. The highest BCUT2D eigenvalue weighted by Crippen LogP contribution is 2.19. The number of nitrogens with zero attached hydrogens (tertiary/aromatic N) is 1. The van der Waals surface area contributed by atoms with Crippen molar-refractivity contribution in [1.82, 2.24) is 4.90 Å². The second-order valence-electron chi connectivity index (χ2n) is 6.24. The molecule has 1 aliphatic rings. The molecule has 0 bridgehead atoms. The van der Waals surface area contributed by atoms with Gasteiger partial charge in [-0.3, -0.25) is 14.4 Å². The monoisotopic (exact) mass is 376 g/mol. The third kappa shape index (κ3) is 6.09. The van der Waals surface area contributed by atoms with Gasteiger partial charge < -0.3 is 19.7 Å². The first-order valence-corrected chi connectivity index (χ1v) is 8.90. The van der Waals surface area contributed by atoms with Crippen LogP contribution in [0.25, 0.3) is 0 Å². The van der Waals surface area contributed by atoms with Crippen LogP contribution in [-0.4, -0.2) is 55.0 Å². The van der Waals surface area contributed by atoms with Gasteiger partial charge in [0.15, 0.2) is 6.61 Å². The predicted octanol–water partition coefficient (Wildman–Crippen LogP) is 1.60. The molecule has 8 heteroatoms. The lowest BCUT2D eigenvalue weighted by Gasteiger charge is -2.30. The van der Waals surface area contributed by atoms with E-state index in [4.69, 9.17) is 9.47 Å². The van der Waals surface area contributed by atoms with Crippen LogP contribution in [0.1, 0.15) is 37.0 Å². The molecule has 1 heterocycles. The van der Waals surface area contributed by atoms with Crippen molar-refractivity contribution in [2.75, 3.05) is 31.6 Å². The molecule has 1 fully saturated rings. The number of ether oxygens (including phenoxy) is 2. The number of benzene rings is 1. The fraction of sp³-hybridized carbons (Fsp3) is 0.474. The van der Waals surface area contributed by atoms with Gasteiger partial charge in [-0.25, -0.2) is 4.79 Å². The lowest BCUT2D eigenvalue weighted by Crippen LogP contribution is -2.42. The fourth-order valence-corrected chi connectivity index (χ4v) is 2.82. The number of anilines is 1. The van der Waals surface area contributed by atoms with Crippen molar-refractivity contribution in [3.05, 3.63) is 29.8 Å². The van der Waals surface area contributed by atoms with E-state index in [2.05, 4.69) is 5.32 Å². The van der Waals surface area contributed by atoms with Crippen LogP contribution in [0, 0.1) is 5.92 Å². The Morgan fingerprint density at radius 2 is 1.70 bits per heavy atom. The van der Waals surface area contributed by atoms with E-state index in [1.54, 1.807) is 24.0 Å². The number of hydrogen-bond donors (Lipinski definition) is 1. The Bertz CT molecular complexity index is 693. The molecule has 2 rings (SSSR count). The minimum absolute atomic E-state index is 0.182. The number of nitrogens with one attached hydrogen (secondary N) is 1. The number of rotatable bonds is 6. The molecule has 27 heavy (non-hydrogen) atoms. The molecule has 0 saturated carbocycles. The molecule has 0 aromatic heterocycles. The first-order valence-electron chi connectivity index (χ1n) is 8.90. The summed E-state index contributed by atoms with van der Waals surface area (Å²) in [6.07, 6.45) is 1.09. The first kappa shape index (κ1) is 20.4. The van der Waals surface area contributed by atoms with Gasteiger partial charge >= 0.3 is 11.9 Å². The summed E-state index contributed by atoms with van der Waals surface area (Å²) < 4.78 is 10.1. The number of likely N-dealkylation sites (tertiary alicyclic amines) is 1.